The predicted octanol–water partition coefficient (Wildman–Crippen LogP) is 24.1. The van der Waals surface area contributed by atoms with E-state index in [4.69, 9.17) is 14.2 Å². The van der Waals surface area contributed by atoms with Crippen LogP contribution in [0, 0.1) is 0 Å². The average molecular weight is 1120 g/mol. The molecule has 0 aliphatic carbocycles. The summed E-state index contributed by atoms with van der Waals surface area (Å²) < 4.78 is 17.0. The summed E-state index contributed by atoms with van der Waals surface area (Å²) in [6, 6.07) is 0. The number of allylic oxidation sites excluding steroid dienone is 12. The highest BCUT2D eigenvalue weighted by Gasteiger charge is 2.19. The Balaban J connectivity index is 4.35. The van der Waals surface area contributed by atoms with E-state index in [0.29, 0.717) is 19.3 Å². The molecule has 0 amide bonds. The first-order chi connectivity index (χ1) is 39.5. The van der Waals surface area contributed by atoms with Crippen LogP contribution in [0.1, 0.15) is 361 Å². The van der Waals surface area contributed by atoms with Gasteiger partial charge in [-0.3, -0.25) is 14.4 Å². The van der Waals surface area contributed by atoms with Gasteiger partial charge < -0.3 is 14.2 Å². The van der Waals surface area contributed by atoms with Crippen molar-refractivity contribution in [3.05, 3.63) is 72.9 Å². The van der Waals surface area contributed by atoms with Gasteiger partial charge >= 0.3 is 17.9 Å². The van der Waals surface area contributed by atoms with E-state index in [9.17, 15) is 14.4 Å². The average Bonchev–Trinajstić information content (AvgIpc) is 3.46. The summed E-state index contributed by atoms with van der Waals surface area (Å²) in [7, 11) is 0. The molecule has 0 rings (SSSR count). The van der Waals surface area contributed by atoms with E-state index < -0.39 is 6.10 Å². The zero-order chi connectivity index (χ0) is 57.8. The van der Waals surface area contributed by atoms with Gasteiger partial charge in [-0.25, -0.2) is 0 Å². The maximum absolute atomic E-state index is 12.9. The van der Waals surface area contributed by atoms with Crippen LogP contribution >= 0.6 is 0 Å². The third-order valence-corrected chi connectivity index (χ3v) is 15.4. The summed E-state index contributed by atoms with van der Waals surface area (Å²) >= 11 is 0. The first-order valence-electron chi connectivity index (χ1n) is 34.9. The van der Waals surface area contributed by atoms with Crippen LogP contribution in [0.4, 0.5) is 0 Å². The molecule has 0 aromatic heterocycles. The van der Waals surface area contributed by atoms with Crippen molar-refractivity contribution in [3.8, 4) is 0 Å². The van der Waals surface area contributed by atoms with E-state index in [0.717, 1.165) is 89.9 Å². The number of unbranched alkanes of at least 4 members (excludes halogenated alkanes) is 41. The monoisotopic (exact) mass is 1120 g/mol. The van der Waals surface area contributed by atoms with Crippen LogP contribution < -0.4 is 0 Å². The Hall–Kier alpha value is -3.15. The van der Waals surface area contributed by atoms with Crippen molar-refractivity contribution in [3.63, 3.8) is 0 Å². The summed E-state index contributed by atoms with van der Waals surface area (Å²) in [5.74, 6) is -0.879. The molecule has 6 heteroatoms. The van der Waals surface area contributed by atoms with Crippen LogP contribution in [0.2, 0.25) is 0 Å². The Bertz CT molecular complexity index is 1470. The lowest BCUT2D eigenvalue weighted by molar-refractivity contribution is -0.167. The van der Waals surface area contributed by atoms with Crippen molar-refractivity contribution in [1.29, 1.82) is 0 Å². The molecule has 0 saturated heterocycles. The highest BCUT2D eigenvalue weighted by molar-refractivity contribution is 5.71. The van der Waals surface area contributed by atoms with E-state index in [2.05, 4.69) is 93.7 Å². The van der Waals surface area contributed by atoms with Crippen LogP contribution in [0.5, 0.6) is 0 Å². The molecule has 1 unspecified atom stereocenters. The molecule has 0 radical (unpaired) electrons. The molecular weight excluding hydrogens is 985 g/mol. The van der Waals surface area contributed by atoms with Crippen LogP contribution in [0.15, 0.2) is 72.9 Å². The van der Waals surface area contributed by atoms with Gasteiger partial charge in [-0.1, -0.05) is 299 Å². The summed E-state index contributed by atoms with van der Waals surface area (Å²) in [5.41, 5.74) is 0. The zero-order valence-corrected chi connectivity index (χ0v) is 53.3. The van der Waals surface area contributed by atoms with Gasteiger partial charge in [-0.05, 0) is 116 Å². The molecule has 0 aliphatic heterocycles. The fraction of sp³-hybridized carbons (Fsp3) is 0.797. The van der Waals surface area contributed by atoms with Crippen LogP contribution in [0.3, 0.4) is 0 Å². The lowest BCUT2D eigenvalue weighted by atomic mass is 10.0. The smallest absolute Gasteiger partial charge is 0.306 e. The van der Waals surface area contributed by atoms with Crippen molar-refractivity contribution < 1.29 is 28.6 Å². The number of rotatable bonds is 64. The molecular formula is C74H132O6. The lowest BCUT2D eigenvalue weighted by Gasteiger charge is -2.18. The van der Waals surface area contributed by atoms with Crippen LogP contribution in [0.25, 0.3) is 0 Å². The minimum atomic E-state index is -0.786. The van der Waals surface area contributed by atoms with Gasteiger partial charge in [0, 0.05) is 19.3 Å². The van der Waals surface area contributed by atoms with E-state index in [1.54, 1.807) is 0 Å². The van der Waals surface area contributed by atoms with Gasteiger partial charge in [0.2, 0.25) is 0 Å². The Morgan fingerprint density at radius 3 is 0.738 bits per heavy atom. The number of carbonyl (C=O) groups is 3. The first kappa shape index (κ1) is 76.9. The van der Waals surface area contributed by atoms with Crippen molar-refractivity contribution in [2.45, 2.75) is 367 Å². The molecule has 0 aromatic rings. The minimum Gasteiger partial charge on any atom is -0.462 e. The number of hydrogen-bond donors (Lipinski definition) is 0. The summed E-state index contributed by atoms with van der Waals surface area (Å²) in [6.07, 6.45) is 89.1. The van der Waals surface area contributed by atoms with E-state index in [-0.39, 0.29) is 31.1 Å². The second kappa shape index (κ2) is 68.3. The van der Waals surface area contributed by atoms with Crippen LogP contribution in [-0.2, 0) is 28.6 Å². The SMILES string of the molecule is CCCCC/C=C\C/C=C\C/C=C\CCCCCCCCC(=O)OC(COC(=O)CCCCCCCCC/C=C\CCCCCCCCC)COC(=O)CCCCCCCCCCCCCCC/C=C\C/C=C\CCCCCCC. The summed E-state index contributed by atoms with van der Waals surface area (Å²) in [6.45, 7) is 6.64. The van der Waals surface area contributed by atoms with Gasteiger partial charge in [0.15, 0.2) is 6.10 Å². The van der Waals surface area contributed by atoms with Crippen LogP contribution in [-0.4, -0.2) is 37.2 Å². The first-order valence-corrected chi connectivity index (χ1v) is 34.9. The Morgan fingerprint density at radius 1 is 0.250 bits per heavy atom. The molecule has 1 atom stereocenters. The molecule has 464 valence electrons. The quantitative estimate of drug-likeness (QED) is 0.0261. The van der Waals surface area contributed by atoms with Crippen molar-refractivity contribution >= 4 is 17.9 Å². The molecule has 0 aromatic carbocycles. The van der Waals surface area contributed by atoms with Gasteiger partial charge in [-0.2, -0.15) is 0 Å². The van der Waals surface area contributed by atoms with Crippen molar-refractivity contribution in [1.82, 2.24) is 0 Å². The molecule has 0 N–H and O–H groups in total. The molecule has 0 heterocycles. The van der Waals surface area contributed by atoms with Gasteiger partial charge in [0.1, 0.15) is 13.2 Å². The van der Waals surface area contributed by atoms with Gasteiger partial charge in [-0.15, -0.1) is 0 Å². The molecule has 0 spiro atoms. The second-order valence-electron chi connectivity index (χ2n) is 23.4. The van der Waals surface area contributed by atoms with Crippen molar-refractivity contribution in [2.75, 3.05) is 13.2 Å². The highest BCUT2D eigenvalue weighted by atomic mass is 16.6. The number of ether oxygens (including phenoxy) is 3. The maximum Gasteiger partial charge on any atom is 0.306 e. The van der Waals surface area contributed by atoms with E-state index in [1.165, 1.54) is 231 Å². The fourth-order valence-corrected chi connectivity index (χ4v) is 10.1. The minimum absolute atomic E-state index is 0.0805. The lowest BCUT2D eigenvalue weighted by Crippen LogP contribution is -2.30. The predicted molar refractivity (Wildman–Crippen MR) is 348 cm³/mol. The summed E-state index contributed by atoms with van der Waals surface area (Å²) in [4.78, 5) is 38.5. The second-order valence-corrected chi connectivity index (χ2v) is 23.4. The fourth-order valence-electron chi connectivity index (χ4n) is 10.1. The zero-order valence-electron chi connectivity index (χ0n) is 53.3. The third kappa shape index (κ3) is 65.7. The molecule has 0 fully saturated rings. The Labute approximate surface area is 497 Å². The highest BCUT2D eigenvalue weighted by Crippen LogP contribution is 2.17. The number of hydrogen-bond acceptors (Lipinski definition) is 6. The molecule has 6 nitrogen and oxygen atoms in total. The number of carbonyl (C=O) groups excluding carboxylic acids is 3. The number of esters is 3. The maximum atomic E-state index is 12.9. The van der Waals surface area contributed by atoms with Crippen molar-refractivity contribution in [2.24, 2.45) is 0 Å². The summed E-state index contributed by atoms with van der Waals surface area (Å²) in [5, 5.41) is 0. The van der Waals surface area contributed by atoms with E-state index in [1.807, 2.05) is 0 Å². The topological polar surface area (TPSA) is 78.9 Å². The standard InChI is InChI=1S/C74H132O6/c1-4-7-10-13-16-19-22-25-28-31-34-35-36-37-38-39-41-43-46-49-52-55-58-61-64-67-73(76)79-70-71(69-78-72(75)66-63-60-57-54-51-48-45-42-33-30-27-24-21-18-15-12-9-6-3)80-74(77)68-65-62-59-56-53-50-47-44-40-32-29-26-23-20-17-14-11-8-5-2/h17,20,22,25-26,29-31,33-34,40,44,71H,4-16,18-19,21,23-24,27-28,32,35-39,41-43,45-70H2,1-3H3/b20-17-,25-22-,29-26-,33-30-,34-31-,44-40-. The largest absolute Gasteiger partial charge is 0.462 e. The molecule has 80 heavy (non-hydrogen) atoms. The Morgan fingerprint density at radius 2 is 0.450 bits per heavy atom. The molecule has 0 saturated carbocycles. The van der Waals surface area contributed by atoms with E-state index >= 15 is 0 Å². The third-order valence-electron chi connectivity index (χ3n) is 15.4. The normalized spacial score (nSPS) is 12.5. The molecule has 0 bridgehead atoms. The Kier molecular flexibility index (Phi) is 65.7. The molecule has 0 aliphatic rings. The van der Waals surface area contributed by atoms with Gasteiger partial charge in [0.25, 0.3) is 0 Å². The van der Waals surface area contributed by atoms with Gasteiger partial charge in [0.05, 0.1) is 0 Å².